The number of hydrogen-bond donors (Lipinski definition) is 2. The number of nitrogens with two attached hydrogens (primary N) is 1. The lowest BCUT2D eigenvalue weighted by Gasteiger charge is -2.31. The lowest BCUT2D eigenvalue weighted by Crippen LogP contribution is -2.42. The fraction of sp³-hybridized carbons (Fsp3) is 0.929. The fourth-order valence-corrected chi connectivity index (χ4v) is 3.87. The zero-order valence-electron chi connectivity index (χ0n) is 11.3. The molecule has 1 aliphatic carbocycles. The van der Waals surface area contributed by atoms with E-state index in [2.05, 4.69) is 10.2 Å². The summed E-state index contributed by atoms with van der Waals surface area (Å²) in [6.07, 6.45) is 10.4. The van der Waals surface area contributed by atoms with Crippen LogP contribution in [0.5, 0.6) is 0 Å². The van der Waals surface area contributed by atoms with E-state index in [1.807, 2.05) is 0 Å². The van der Waals surface area contributed by atoms with Crippen molar-refractivity contribution >= 4 is 5.96 Å². The van der Waals surface area contributed by atoms with Gasteiger partial charge in [-0.1, -0.05) is 19.3 Å². The molecule has 4 nitrogen and oxygen atoms in total. The van der Waals surface area contributed by atoms with E-state index in [1.165, 1.54) is 64.5 Å². The number of guanidine groups is 1. The van der Waals surface area contributed by atoms with Gasteiger partial charge < -0.3 is 11.1 Å². The normalized spacial score (nSPS) is 34.8. The van der Waals surface area contributed by atoms with E-state index in [1.54, 1.807) is 0 Å². The molecule has 0 radical (unpaired) electrons. The Balaban J connectivity index is 1.57. The molecule has 3 fully saturated rings. The summed E-state index contributed by atoms with van der Waals surface area (Å²) in [5.41, 5.74) is 6.08. The Labute approximate surface area is 110 Å². The molecule has 3 N–H and O–H groups in total. The van der Waals surface area contributed by atoms with E-state index < -0.39 is 0 Å². The van der Waals surface area contributed by atoms with Gasteiger partial charge in [-0.05, 0) is 38.6 Å². The molecule has 0 bridgehead atoms. The van der Waals surface area contributed by atoms with Crippen LogP contribution in [-0.4, -0.2) is 42.1 Å². The summed E-state index contributed by atoms with van der Waals surface area (Å²) in [4.78, 5) is 7.38. The van der Waals surface area contributed by atoms with Crippen LogP contribution in [-0.2, 0) is 0 Å². The Hall–Kier alpha value is -0.770. The zero-order chi connectivity index (χ0) is 12.4. The molecule has 0 aromatic rings. The van der Waals surface area contributed by atoms with E-state index >= 15 is 0 Å². The van der Waals surface area contributed by atoms with Crippen molar-refractivity contribution in [3.8, 4) is 0 Å². The topological polar surface area (TPSA) is 53.6 Å². The Kier molecular flexibility index (Phi) is 3.73. The minimum absolute atomic E-state index is 0.444. The summed E-state index contributed by atoms with van der Waals surface area (Å²) in [5, 5.41) is 3.41. The van der Waals surface area contributed by atoms with Crippen LogP contribution >= 0.6 is 0 Å². The number of nitrogens with one attached hydrogen (secondary N) is 1. The molecule has 2 saturated heterocycles. The summed E-state index contributed by atoms with van der Waals surface area (Å²) in [5.74, 6) is 0.694. The number of aliphatic imine (C=N–C) groups is 1. The lowest BCUT2D eigenvalue weighted by atomic mass is 9.99. The van der Waals surface area contributed by atoms with Crippen LogP contribution in [0.1, 0.15) is 51.4 Å². The van der Waals surface area contributed by atoms with Crippen molar-refractivity contribution < 1.29 is 0 Å². The molecular formula is C14H26N4. The minimum Gasteiger partial charge on any atom is -0.370 e. The molecule has 0 amide bonds. The summed E-state index contributed by atoms with van der Waals surface area (Å²) in [6, 6.07) is 1.69. The molecule has 2 heterocycles. The van der Waals surface area contributed by atoms with Crippen molar-refractivity contribution in [3.63, 3.8) is 0 Å². The monoisotopic (exact) mass is 250 g/mol. The number of fused-ring (bicyclic) bond motifs is 1. The van der Waals surface area contributed by atoms with Crippen molar-refractivity contribution in [1.82, 2.24) is 10.2 Å². The third kappa shape index (κ3) is 2.63. The van der Waals surface area contributed by atoms with E-state index in [9.17, 15) is 0 Å². The molecule has 3 aliphatic rings. The van der Waals surface area contributed by atoms with Gasteiger partial charge in [0.05, 0.1) is 6.04 Å². The maximum absolute atomic E-state index is 6.08. The summed E-state index contributed by atoms with van der Waals surface area (Å²) < 4.78 is 0. The van der Waals surface area contributed by atoms with Gasteiger partial charge in [0.15, 0.2) is 5.96 Å². The van der Waals surface area contributed by atoms with Crippen LogP contribution in [0, 0.1) is 0 Å². The molecule has 102 valence electrons. The van der Waals surface area contributed by atoms with Crippen molar-refractivity contribution in [2.45, 2.75) is 69.5 Å². The smallest absolute Gasteiger partial charge is 0.189 e. The van der Waals surface area contributed by atoms with Crippen LogP contribution in [0.4, 0.5) is 0 Å². The highest BCUT2D eigenvalue weighted by atomic mass is 15.2. The Morgan fingerprint density at radius 2 is 1.78 bits per heavy atom. The van der Waals surface area contributed by atoms with Gasteiger partial charge in [-0.15, -0.1) is 0 Å². The Bertz CT molecular complexity index is 309. The second-order valence-corrected chi connectivity index (χ2v) is 6.10. The van der Waals surface area contributed by atoms with Crippen LogP contribution in [0.25, 0.3) is 0 Å². The number of nitrogens with zero attached hydrogens (tertiary/aromatic N) is 2. The predicted octanol–water partition coefficient (Wildman–Crippen LogP) is 1.46. The molecule has 1 saturated carbocycles. The fourth-order valence-electron chi connectivity index (χ4n) is 3.87. The first-order valence-electron chi connectivity index (χ1n) is 7.67. The molecule has 2 unspecified atom stereocenters. The van der Waals surface area contributed by atoms with Crippen molar-refractivity contribution in [3.05, 3.63) is 0 Å². The highest BCUT2D eigenvalue weighted by Crippen LogP contribution is 2.29. The van der Waals surface area contributed by atoms with E-state index in [0.717, 1.165) is 0 Å². The largest absolute Gasteiger partial charge is 0.370 e. The first-order chi connectivity index (χ1) is 8.83. The maximum atomic E-state index is 6.08. The van der Waals surface area contributed by atoms with Gasteiger partial charge in [-0.3, -0.25) is 4.90 Å². The van der Waals surface area contributed by atoms with Crippen molar-refractivity contribution in [2.24, 2.45) is 10.7 Å². The molecule has 4 heteroatoms. The van der Waals surface area contributed by atoms with Gasteiger partial charge in [0.1, 0.15) is 0 Å². The molecule has 0 aromatic heterocycles. The lowest BCUT2D eigenvalue weighted by molar-refractivity contribution is 0.190. The highest BCUT2D eigenvalue weighted by molar-refractivity contribution is 5.78. The van der Waals surface area contributed by atoms with Crippen LogP contribution < -0.4 is 11.1 Å². The average Bonchev–Trinajstić information content (AvgIpc) is 3.00. The quantitative estimate of drug-likeness (QED) is 0.576. The summed E-state index contributed by atoms with van der Waals surface area (Å²) in [7, 11) is 0. The van der Waals surface area contributed by atoms with E-state index in [-0.39, 0.29) is 0 Å². The molecule has 18 heavy (non-hydrogen) atoms. The molecular weight excluding hydrogens is 224 g/mol. The van der Waals surface area contributed by atoms with Gasteiger partial charge in [-0.25, -0.2) is 4.99 Å². The third-order valence-corrected chi connectivity index (χ3v) is 4.83. The first kappa shape index (κ1) is 12.3. The average molecular weight is 250 g/mol. The minimum atomic E-state index is 0.444. The van der Waals surface area contributed by atoms with Crippen LogP contribution in [0.3, 0.4) is 0 Å². The molecule has 2 atom stereocenters. The predicted molar refractivity (Wildman–Crippen MR) is 74.6 cm³/mol. The molecule has 3 rings (SSSR count). The second kappa shape index (κ2) is 5.47. The van der Waals surface area contributed by atoms with E-state index in [0.29, 0.717) is 24.1 Å². The molecule has 0 spiro atoms. The second-order valence-electron chi connectivity index (χ2n) is 6.10. The number of piperidine rings is 1. The van der Waals surface area contributed by atoms with Gasteiger partial charge in [0.25, 0.3) is 0 Å². The van der Waals surface area contributed by atoms with Gasteiger partial charge in [-0.2, -0.15) is 0 Å². The van der Waals surface area contributed by atoms with Gasteiger partial charge in [0.2, 0.25) is 0 Å². The Morgan fingerprint density at radius 3 is 2.61 bits per heavy atom. The van der Waals surface area contributed by atoms with E-state index in [4.69, 9.17) is 10.7 Å². The first-order valence-corrected chi connectivity index (χ1v) is 7.67. The third-order valence-electron chi connectivity index (χ3n) is 4.83. The van der Waals surface area contributed by atoms with Crippen LogP contribution in [0.15, 0.2) is 4.99 Å². The molecule has 0 aromatic carbocycles. The Morgan fingerprint density at radius 1 is 1.00 bits per heavy atom. The number of rotatable bonds is 2. The summed E-state index contributed by atoms with van der Waals surface area (Å²) in [6.45, 7) is 2.49. The van der Waals surface area contributed by atoms with Gasteiger partial charge >= 0.3 is 0 Å². The zero-order valence-corrected chi connectivity index (χ0v) is 11.3. The number of hydrogen-bond acceptors (Lipinski definition) is 2. The van der Waals surface area contributed by atoms with Crippen LogP contribution in [0.2, 0.25) is 0 Å². The highest BCUT2D eigenvalue weighted by Gasteiger charge is 2.35. The SMILES string of the molecule is NC(=NC1CCN2CCCCC12)NC1CCCC1. The maximum Gasteiger partial charge on any atom is 0.189 e. The van der Waals surface area contributed by atoms with Gasteiger partial charge in [0, 0.05) is 18.6 Å². The summed E-state index contributed by atoms with van der Waals surface area (Å²) >= 11 is 0. The van der Waals surface area contributed by atoms with Crippen molar-refractivity contribution in [1.29, 1.82) is 0 Å². The standard InChI is InChI=1S/C14H26N4/c15-14(16-11-5-1-2-6-11)17-12-8-10-18-9-4-3-7-13(12)18/h11-13H,1-10H2,(H3,15,16,17). The van der Waals surface area contributed by atoms with Crippen molar-refractivity contribution in [2.75, 3.05) is 13.1 Å². The molecule has 2 aliphatic heterocycles.